The number of carbonyl (C=O) groups excluding carboxylic acids is 1. The number of fused-ring (bicyclic) bond motifs is 1. The van der Waals surface area contributed by atoms with Gasteiger partial charge in [0.25, 0.3) is 5.56 Å². The maximum Gasteiger partial charge on any atom is 0.339 e. The highest BCUT2D eigenvalue weighted by Gasteiger charge is 2.20. The van der Waals surface area contributed by atoms with Crippen molar-refractivity contribution in [1.29, 1.82) is 0 Å². The molecule has 0 aliphatic heterocycles. The summed E-state index contributed by atoms with van der Waals surface area (Å²) in [7, 11) is 0.323. The van der Waals surface area contributed by atoms with E-state index in [4.69, 9.17) is 4.74 Å². The van der Waals surface area contributed by atoms with Crippen LogP contribution in [0.2, 0.25) is 0 Å². The standard InChI is InChI=1S/C20H24N4O5S/c1-4-6-11-24-17-16(18(25)22-20(24)27)23(3)15(21-17)12-29-19(26)13-9-7-8-10-14(13)30(28)5-2/h7-10H,4-6,11-12H2,1-3H3,(H,22,25,27). The second-order valence-corrected chi connectivity index (χ2v) is 8.44. The Morgan fingerprint density at radius 1 is 1.23 bits per heavy atom. The summed E-state index contributed by atoms with van der Waals surface area (Å²) in [4.78, 5) is 44.2. The Labute approximate surface area is 175 Å². The van der Waals surface area contributed by atoms with Crippen LogP contribution in [0.3, 0.4) is 0 Å². The molecule has 1 aromatic carbocycles. The van der Waals surface area contributed by atoms with Crippen molar-refractivity contribution in [2.75, 3.05) is 5.75 Å². The van der Waals surface area contributed by atoms with Gasteiger partial charge in [-0.3, -0.25) is 18.6 Å². The molecule has 0 bridgehead atoms. The van der Waals surface area contributed by atoms with Crippen molar-refractivity contribution in [2.24, 2.45) is 7.05 Å². The fraction of sp³-hybridized carbons (Fsp3) is 0.400. The van der Waals surface area contributed by atoms with E-state index in [1.807, 2.05) is 6.92 Å². The number of aromatic amines is 1. The Kier molecular flexibility index (Phi) is 6.66. The molecule has 0 aliphatic rings. The molecule has 1 atom stereocenters. The minimum Gasteiger partial charge on any atom is -0.454 e. The lowest BCUT2D eigenvalue weighted by Gasteiger charge is -2.08. The van der Waals surface area contributed by atoms with E-state index >= 15 is 0 Å². The number of nitrogens with zero attached hydrogens (tertiary/aromatic N) is 3. The summed E-state index contributed by atoms with van der Waals surface area (Å²) in [6.45, 7) is 4.00. The molecule has 3 aromatic rings. The highest BCUT2D eigenvalue weighted by Crippen LogP contribution is 2.17. The molecular weight excluding hydrogens is 408 g/mol. The van der Waals surface area contributed by atoms with Gasteiger partial charge in [0.1, 0.15) is 12.4 Å². The number of benzene rings is 1. The molecule has 0 amide bonds. The fourth-order valence-corrected chi connectivity index (χ4v) is 4.08. The Morgan fingerprint density at radius 3 is 2.67 bits per heavy atom. The lowest BCUT2D eigenvalue weighted by molar-refractivity contribution is 0.0455. The van der Waals surface area contributed by atoms with Crippen molar-refractivity contribution in [1.82, 2.24) is 19.1 Å². The van der Waals surface area contributed by atoms with E-state index in [0.29, 0.717) is 23.0 Å². The first-order valence-corrected chi connectivity index (χ1v) is 11.0. The number of unbranched alkanes of at least 4 members (excludes halogenated alkanes) is 1. The number of hydrogen-bond donors (Lipinski definition) is 1. The van der Waals surface area contributed by atoms with Crippen molar-refractivity contribution < 1.29 is 13.7 Å². The summed E-state index contributed by atoms with van der Waals surface area (Å²) in [5.41, 5.74) is -0.325. The van der Waals surface area contributed by atoms with Gasteiger partial charge in [0, 0.05) is 19.3 Å². The lowest BCUT2D eigenvalue weighted by Crippen LogP contribution is -2.31. The maximum atomic E-state index is 12.6. The third kappa shape index (κ3) is 4.13. The number of nitrogens with one attached hydrogen (secondary N) is 1. The van der Waals surface area contributed by atoms with Crippen LogP contribution < -0.4 is 11.2 Å². The molecular formula is C20H24N4O5S. The summed E-state index contributed by atoms with van der Waals surface area (Å²) < 4.78 is 20.5. The van der Waals surface area contributed by atoms with Gasteiger partial charge in [-0.15, -0.1) is 0 Å². The molecule has 9 nitrogen and oxygen atoms in total. The van der Waals surface area contributed by atoms with Gasteiger partial charge in [-0.1, -0.05) is 32.4 Å². The smallest absolute Gasteiger partial charge is 0.339 e. The number of H-pyrrole nitrogens is 1. The van der Waals surface area contributed by atoms with Crippen molar-refractivity contribution in [3.63, 3.8) is 0 Å². The number of rotatable bonds is 8. The molecule has 2 heterocycles. The quantitative estimate of drug-likeness (QED) is 0.542. The average Bonchev–Trinajstić information content (AvgIpc) is 3.07. The molecule has 30 heavy (non-hydrogen) atoms. The van der Waals surface area contributed by atoms with Crippen LogP contribution in [0.1, 0.15) is 42.9 Å². The Bertz CT molecular complexity index is 1220. The van der Waals surface area contributed by atoms with E-state index in [-0.39, 0.29) is 23.3 Å². The zero-order valence-electron chi connectivity index (χ0n) is 17.1. The summed E-state index contributed by atoms with van der Waals surface area (Å²) in [6, 6.07) is 6.59. The number of aryl methyl sites for hydroxylation is 2. The van der Waals surface area contributed by atoms with Gasteiger partial charge in [0.15, 0.2) is 11.2 Å². The second-order valence-electron chi connectivity index (χ2n) is 6.73. The van der Waals surface area contributed by atoms with Crippen LogP contribution in [0.25, 0.3) is 11.2 Å². The largest absolute Gasteiger partial charge is 0.454 e. The Morgan fingerprint density at radius 2 is 1.97 bits per heavy atom. The zero-order chi connectivity index (χ0) is 21.8. The monoisotopic (exact) mass is 432 g/mol. The Balaban J connectivity index is 1.92. The molecule has 1 unspecified atom stereocenters. The van der Waals surface area contributed by atoms with Crippen LogP contribution in [0.5, 0.6) is 0 Å². The molecule has 160 valence electrons. The van der Waals surface area contributed by atoms with Crippen LogP contribution in [0.15, 0.2) is 38.8 Å². The molecule has 0 aliphatic carbocycles. The zero-order valence-corrected chi connectivity index (χ0v) is 18.0. The van der Waals surface area contributed by atoms with Crippen LogP contribution in [-0.2, 0) is 35.7 Å². The number of hydrogen-bond acceptors (Lipinski definition) is 6. The fourth-order valence-electron chi connectivity index (χ4n) is 3.14. The number of esters is 1. The first-order valence-electron chi connectivity index (χ1n) is 9.71. The summed E-state index contributed by atoms with van der Waals surface area (Å²) >= 11 is 0. The number of aromatic nitrogens is 4. The minimum absolute atomic E-state index is 0.196. The minimum atomic E-state index is -1.30. The van der Waals surface area contributed by atoms with Crippen molar-refractivity contribution in [2.45, 2.75) is 44.7 Å². The lowest BCUT2D eigenvalue weighted by atomic mass is 10.2. The van der Waals surface area contributed by atoms with Gasteiger partial charge >= 0.3 is 11.7 Å². The van der Waals surface area contributed by atoms with Crippen LogP contribution in [0.4, 0.5) is 0 Å². The maximum absolute atomic E-state index is 12.6. The third-order valence-electron chi connectivity index (χ3n) is 4.79. The van der Waals surface area contributed by atoms with Gasteiger partial charge < -0.3 is 9.30 Å². The molecule has 0 radical (unpaired) electrons. The normalized spacial score (nSPS) is 12.2. The predicted octanol–water partition coefficient (Wildman–Crippen LogP) is 1.71. The second kappa shape index (κ2) is 9.21. The van der Waals surface area contributed by atoms with E-state index in [2.05, 4.69) is 9.97 Å². The topological polar surface area (TPSA) is 116 Å². The van der Waals surface area contributed by atoms with Crippen LogP contribution in [-0.4, -0.2) is 35.0 Å². The summed E-state index contributed by atoms with van der Waals surface area (Å²) in [5, 5.41) is 0. The molecule has 0 saturated carbocycles. The van der Waals surface area contributed by atoms with Gasteiger partial charge in [0.2, 0.25) is 0 Å². The van der Waals surface area contributed by atoms with Crippen molar-refractivity contribution in [3.8, 4) is 0 Å². The van der Waals surface area contributed by atoms with Crippen LogP contribution in [0, 0.1) is 0 Å². The molecule has 2 aromatic heterocycles. The van der Waals surface area contributed by atoms with Crippen molar-refractivity contribution >= 4 is 27.9 Å². The van der Waals surface area contributed by atoms with Gasteiger partial charge in [-0.25, -0.2) is 14.6 Å². The first-order chi connectivity index (χ1) is 14.4. The van der Waals surface area contributed by atoms with E-state index in [1.165, 1.54) is 9.13 Å². The van der Waals surface area contributed by atoms with E-state index in [0.717, 1.165) is 12.8 Å². The molecule has 10 heteroatoms. The van der Waals surface area contributed by atoms with E-state index in [9.17, 15) is 18.6 Å². The summed E-state index contributed by atoms with van der Waals surface area (Å²) in [6.07, 6.45) is 1.64. The SMILES string of the molecule is CCCCn1c(=O)[nH]c(=O)c2c1nc(COC(=O)c1ccccc1S(=O)CC)n2C. The molecule has 1 N–H and O–H groups in total. The highest BCUT2D eigenvalue weighted by molar-refractivity contribution is 7.85. The average molecular weight is 433 g/mol. The molecule has 3 rings (SSSR count). The van der Waals surface area contributed by atoms with Gasteiger partial charge in [0.05, 0.1) is 21.3 Å². The number of carbonyl (C=O) groups is 1. The predicted molar refractivity (Wildman–Crippen MR) is 113 cm³/mol. The van der Waals surface area contributed by atoms with E-state index in [1.54, 1.807) is 38.2 Å². The van der Waals surface area contributed by atoms with E-state index < -0.39 is 28.0 Å². The van der Waals surface area contributed by atoms with Crippen molar-refractivity contribution in [3.05, 3.63) is 56.5 Å². The first kappa shape index (κ1) is 21.7. The summed E-state index contributed by atoms with van der Waals surface area (Å²) in [5.74, 6) is 0.0816. The third-order valence-corrected chi connectivity index (χ3v) is 6.16. The molecule has 0 spiro atoms. The Hall–Kier alpha value is -3.01. The van der Waals surface area contributed by atoms with Gasteiger partial charge in [-0.2, -0.15) is 0 Å². The molecule has 0 saturated heterocycles. The highest BCUT2D eigenvalue weighted by atomic mass is 32.2. The molecule has 0 fully saturated rings. The number of ether oxygens (including phenoxy) is 1. The van der Waals surface area contributed by atoms with Gasteiger partial charge in [-0.05, 0) is 18.6 Å². The van der Waals surface area contributed by atoms with Crippen LogP contribution >= 0.6 is 0 Å². The number of imidazole rings is 1.